The van der Waals surface area contributed by atoms with Gasteiger partial charge in [0.05, 0.1) is 26.4 Å². The quantitative estimate of drug-likeness (QED) is 0.557. The lowest BCUT2D eigenvalue weighted by atomic mass is 10.7. The van der Waals surface area contributed by atoms with E-state index in [4.69, 9.17) is 9.47 Å². The lowest BCUT2D eigenvalue weighted by Gasteiger charge is -2.04. The second-order valence-electron chi connectivity index (χ2n) is 2.08. The van der Waals surface area contributed by atoms with Crippen LogP contribution in [0, 0.1) is 0 Å². The van der Waals surface area contributed by atoms with Crippen molar-refractivity contribution < 1.29 is 23.4 Å². The third-order valence-corrected chi connectivity index (χ3v) is 1.07. The zero-order chi connectivity index (χ0) is 9.94. The molecule has 0 saturated carbocycles. The summed E-state index contributed by atoms with van der Waals surface area (Å²) in [4.78, 5) is 10.1. The molecule has 0 saturated heterocycles. The normalized spacial score (nSPS) is 9.92. The number of alkyl halides is 1. The van der Waals surface area contributed by atoms with Crippen molar-refractivity contribution in [2.45, 2.75) is 0 Å². The lowest BCUT2D eigenvalue weighted by molar-refractivity contribution is 0.0261. The first kappa shape index (κ1) is 12.1. The van der Waals surface area contributed by atoms with E-state index in [-0.39, 0.29) is 19.8 Å². The number of carbonyl (C=O) groups excluding carboxylic acids is 1. The summed E-state index contributed by atoms with van der Waals surface area (Å²) in [5.41, 5.74) is 4.69. The highest BCUT2D eigenvalue weighted by Crippen LogP contribution is 1.81. The number of hydrogen-bond donors (Lipinski definition) is 1. The number of hydrogen-bond acceptors (Lipinski definition) is 4. The molecule has 0 spiro atoms. The van der Waals surface area contributed by atoms with E-state index < -0.39 is 12.8 Å². The van der Waals surface area contributed by atoms with Crippen molar-refractivity contribution in [2.24, 2.45) is 5.73 Å². The highest BCUT2D eigenvalue weighted by atomic mass is 19.1. The van der Waals surface area contributed by atoms with Crippen molar-refractivity contribution >= 4 is 6.09 Å². The fraction of sp³-hybridized carbons (Fsp3) is 0.857. The number of nitrogens with two attached hydrogens (primary N) is 1. The predicted molar refractivity (Wildman–Crippen MR) is 43.1 cm³/mol. The molecule has 5 nitrogen and oxygen atoms in total. The van der Waals surface area contributed by atoms with Gasteiger partial charge in [-0.05, 0) is 0 Å². The Morgan fingerprint density at radius 2 is 1.62 bits per heavy atom. The average Bonchev–Trinajstić information content (AvgIpc) is 2.09. The Morgan fingerprint density at radius 1 is 1.08 bits per heavy atom. The van der Waals surface area contributed by atoms with Crippen LogP contribution in [0.3, 0.4) is 0 Å². The van der Waals surface area contributed by atoms with Crippen LogP contribution in [0.5, 0.6) is 0 Å². The molecule has 13 heavy (non-hydrogen) atoms. The molecule has 0 bridgehead atoms. The minimum absolute atomic E-state index is 0.0845. The van der Waals surface area contributed by atoms with Crippen LogP contribution in [0.4, 0.5) is 9.18 Å². The van der Waals surface area contributed by atoms with Gasteiger partial charge in [-0.1, -0.05) is 0 Å². The second kappa shape index (κ2) is 9.21. The van der Waals surface area contributed by atoms with Crippen LogP contribution < -0.4 is 5.73 Å². The maximum absolute atomic E-state index is 11.5. The first-order chi connectivity index (χ1) is 6.27. The lowest BCUT2D eigenvalue weighted by Crippen LogP contribution is -2.17. The van der Waals surface area contributed by atoms with E-state index >= 15 is 0 Å². The Bertz CT molecular complexity index is 134. The maximum Gasteiger partial charge on any atom is 0.404 e. The van der Waals surface area contributed by atoms with E-state index in [1.807, 2.05) is 0 Å². The Hall–Kier alpha value is -0.880. The van der Waals surface area contributed by atoms with Crippen LogP contribution >= 0.6 is 0 Å². The van der Waals surface area contributed by atoms with Crippen molar-refractivity contribution in [3.63, 3.8) is 0 Å². The van der Waals surface area contributed by atoms with Gasteiger partial charge in [0.25, 0.3) is 0 Å². The molecular formula is C7H14FNO4. The average molecular weight is 195 g/mol. The molecule has 0 radical (unpaired) electrons. The fourth-order valence-electron chi connectivity index (χ4n) is 0.578. The van der Waals surface area contributed by atoms with E-state index in [9.17, 15) is 9.18 Å². The van der Waals surface area contributed by atoms with Crippen LogP contribution in [0.15, 0.2) is 0 Å². The number of rotatable bonds is 8. The monoisotopic (exact) mass is 195 g/mol. The van der Waals surface area contributed by atoms with E-state index in [1.54, 1.807) is 0 Å². The largest absolute Gasteiger partial charge is 0.447 e. The highest BCUT2D eigenvalue weighted by Gasteiger charge is 1.93. The first-order valence-corrected chi connectivity index (χ1v) is 3.91. The number of primary amides is 1. The summed E-state index contributed by atoms with van der Waals surface area (Å²) in [6, 6.07) is 0. The molecule has 0 aliphatic carbocycles. The van der Waals surface area contributed by atoms with Crippen molar-refractivity contribution in [2.75, 3.05) is 39.7 Å². The molecule has 0 aliphatic heterocycles. The molecule has 0 aromatic heterocycles. The number of carbonyl (C=O) groups is 1. The molecule has 0 aromatic rings. The summed E-state index contributed by atoms with van der Waals surface area (Å²) in [5, 5.41) is 0. The van der Waals surface area contributed by atoms with Crippen molar-refractivity contribution in [3.05, 3.63) is 0 Å². The zero-order valence-corrected chi connectivity index (χ0v) is 7.33. The third-order valence-electron chi connectivity index (χ3n) is 1.07. The molecule has 0 unspecified atom stereocenters. The molecule has 0 rings (SSSR count). The van der Waals surface area contributed by atoms with Gasteiger partial charge < -0.3 is 19.9 Å². The maximum atomic E-state index is 11.5. The molecule has 78 valence electrons. The minimum Gasteiger partial charge on any atom is -0.447 e. The first-order valence-electron chi connectivity index (χ1n) is 3.91. The van der Waals surface area contributed by atoms with Gasteiger partial charge in [0.1, 0.15) is 13.3 Å². The summed E-state index contributed by atoms with van der Waals surface area (Å²) in [6.07, 6.45) is -0.822. The number of amides is 1. The van der Waals surface area contributed by atoms with Crippen LogP contribution in [-0.4, -0.2) is 45.8 Å². The van der Waals surface area contributed by atoms with Gasteiger partial charge in [-0.15, -0.1) is 0 Å². The smallest absolute Gasteiger partial charge is 0.404 e. The van der Waals surface area contributed by atoms with E-state index in [0.29, 0.717) is 13.2 Å². The third kappa shape index (κ3) is 11.1. The summed E-state index contributed by atoms with van der Waals surface area (Å²) < 4.78 is 25.6. The summed E-state index contributed by atoms with van der Waals surface area (Å²) in [7, 11) is 0. The Morgan fingerprint density at radius 3 is 2.15 bits per heavy atom. The SMILES string of the molecule is NC(=O)OCCOCCOCCF. The molecule has 6 heteroatoms. The fourth-order valence-corrected chi connectivity index (χ4v) is 0.578. The van der Waals surface area contributed by atoms with Gasteiger partial charge in [-0.2, -0.15) is 0 Å². The highest BCUT2D eigenvalue weighted by molar-refractivity contribution is 5.64. The van der Waals surface area contributed by atoms with Gasteiger partial charge in [0.2, 0.25) is 0 Å². The standard InChI is InChI=1S/C7H14FNO4/c8-1-2-11-3-4-12-5-6-13-7(9)10/h1-6H2,(H2,9,10). The molecule has 2 N–H and O–H groups in total. The summed E-state index contributed by atoms with van der Waals surface area (Å²) in [6.45, 7) is 0.662. The molecule has 0 fully saturated rings. The predicted octanol–water partition coefficient (Wildman–Crippen LogP) is 0.0844. The van der Waals surface area contributed by atoms with Gasteiger partial charge in [0.15, 0.2) is 0 Å². The Kier molecular flexibility index (Phi) is 8.59. The van der Waals surface area contributed by atoms with E-state index in [1.165, 1.54) is 0 Å². The molecule has 0 aromatic carbocycles. The van der Waals surface area contributed by atoms with Crippen LogP contribution in [-0.2, 0) is 14.2 Å². The van der Waals surface area contributed by atoms with Gasteiger partial charge in [-0.25, -0.2) is 9.18 Å². The molecule has 0 atom stereocenters. The van der Waals surface area contributed by atoms with Crippen LogP contribution in [0.2, 0.25) is 0 Å². The van der Waals surface area contributed by atoms with Crippen molar-refractivity contribution in [1.29, 1.82) is 0 Å². The van der Waals surface area contributed by atoms with Crippen molar-refractivity contribution in [3.8, 4) is 0 Å². The summed E-state index contributed by atoms with van der Waals surface area (Å²) >= 11 is 0. The molecule has 1 amide bonds. The Labute approximate surface area is 75.9 Å². The van der Waals surface area contributed by atoms with Gasteiger partial charge in [-0.3, -0.25) is 0 Å². The second-order valence-corrected chi connectivity index (χ2v) is 2.08. The number of ether oxygens (including phenoxy) is 3. The number of halogens is 1. The Balaban J connectivity index is 2.87. The zero-order valence-electron chi connectivity index (χ0n) is 7.33. The van der Waals surface area contributed by atoms with E-state index in [0.717, 1.165) is 0 Å². The topological polar surface area (TPSA) is 70.8 Å². The minimum atomic E-state index is -0.822. The van der Waals surface area contributed by atoms with E-state index in [2.05, 4.69) is 10.5 Å². The van der Waals surface area contributed by atoms with Gasteiger partial charge >= 0.3 is 6.09 Å². The molecule has 0 aliphatic rings. The molecule has 0 heterocycles. The van der Waals surface area contributed by atoms with Crippen LogP contribution in [0.1, 0.15) is 0 Å². The summed E-state index contributed by atoms with van der Waals surface area (Å²) in [5.74, 6) is 0. The van der Waals surface area contributed by atoms with Crippen LogP contribution in [0.25, 0.3) is 0 Å². The van der Waals surface area contributed by atoms with Gasteiger partial charge in [0, 0.05) is 0 Å². The molecular weight excluding hydrogens is 181 g/mol. The van der Waals surface area contributed by atoms with Crippen molar-refractivity contribution in [1.82, 2.24) is 0 Å².